The van der Waals surface area contributed by atoms with Crippen LogP contribution in [0, 0.1) is 0 Å². The molecule has 3 N–H and O–H groups in total. The van der Waals surface area contributed by atoms with Crippen LogP contribution in [-0.2, 0) is 0 Å². The summed E-state index contributed by atoms with van der Waals surface area (Å²) in [5, 5.41) is 8.04. The van der Waals surface area contributed by atoms with Crippen LogP contribution < -0.4 is 16.2 Å². The van der Waals surface area contributed by atoms with E-state index in [1.165, 1.54) is 0 Å². The van der Waals surface area contributed by atoms with Gasteiger partial charge in [0, 0.05) is 10.7 Å². The number of hydrazine groups is 1. The van der Waals surface area contributed by atoms with E-state index >= 15 is 0 Å². The number of hydrazone groups is 1. The molecule has 1 heterocycles. The van der Waals surface area contributed by atoms with Crippen LogP contribution in [0.2, 0.25) is 5.02 Å². The summed E-state index contributed by atoms with van der Waals surface area (Å²) in [5.74, 6) is 0. The molecule has 1 aromatic carbocycles. The number of hydrogen-bond acceptors (Lipinski definition) is 3. The first-order valence-corrected chi connectivity index (χ1v) is 5.86. The van der Waals surface area contributed by atoms with Crippen LogP contribution in [-0.4, -0.2) is 29.3 Å². The van der Waals surface area contributed by atoms with Crippen molar-refractivity contribution in [1.82, 2.24) is 15.9 Å². The Labute approximate surface area is 114 Å². The Kier molecular flexibility index (Phi) is 3.86. The van der Waals surface area contributed by atoms with E-state index in [-0.39, 0.29) is 6.54 Å². The molecule has 0 spiro atoms. The minimum atomic E-state index is -0.521. The molecule has 1 aromatic rings. The number of benzene rings is 1. The molecule has 4 amide bonds. The second-order valence-electron chi connectivity index (χ2n) is 3.92. The summed E-state index contributed by atoms with van der Waals surface area (Å²) in [6, 6.07) is 5.61. The Balaban J connectivity index is 1.92. The molecular formula is C11H12ClN5O2. The number of hydrogen-bond donors (Lipinski definition) is 3. The number of nitrogens with one attached hydrogen (secondary N) is 3. The monoisotopic (exact) mass is 281 g/mol. The maximum Gasteiger partial charge on any atom is 0.356 e. The van der Waals surface area contributed by atoms with Gasteiger partial charge >= 0.3 is 12.1 Å². The second kappa shape index (κ2) is 5.57. The Bertz CT molecular complexity index is 528. The van der Waals surface area contributed by atoms with E-state index < -0.39 is 12.1 Å². The zero-order valence-electron chi connectivity index (χ0n) is 10.1. The molecule has 0 atom stereocenters. The molecule has 0 saturated heterocycles. The molecule has 0 saturated carbocycles. The van der Waals surface area contributed by atoms with Crippen LogP contribution in [0.15, 0.2) is 29.4 Å². The van der Waals surface area contributed by atoms with Gasteiger partial charge in [0.15, 0.2) is 0 Å². The van der Waals surface area contributed by atoms with Crippen LogP contribution >= 0.6 is 11.6 Å². The number of halogens is 1. The maximum atomic E-state index is 11.7. The Morgan fingerprint density at radius 2 is 2.11 bits per heavy atom. The van der Waals surface area contributed by atoms with Crippen molar-refractivity contribution in [3.8, 4) is 0 Å². The van der Waals surface area contributed by atoms with Crippen molar-refractivity contribution >= 4 is 35.1 Å². The smallest absolute Gasteiger partial charge is 0.307 e. The summed E-state index contributed by atoms with van der Waals surface area (Å²) in [5.41, 5.74) is 5.95. The van der Waals surface area contributed by atoms with Gasteiger partial charge in [0.2, 0.25) is 0 Å². The third-order valence-electron chi connectivity index (χ3n) is 2.31. The highest BCUT2D eigenvalue weighted by Crippen LogP contribution is 2.13. The van der Waals surface area contributed by atoms with Crippen LogP contribution in [0.4, 0.5) is 15.3 Å². The molecule has 19 heavy (non-hydrogen) atoms. The van der Waals surface area contributed by atoms with E-state index in [0.29, 0.717) is 16.4 Å². The fourth-order valence-electron chi connectivity index (χ4n) is 1.44. The minimum Gasteiger partial charge on any atom is -0.307 e. The van der Waals surface area contributed by atoms with E-state index in [9.17, 15) is 9.59 Å². The lowest BCUT2D eigenvalue weighted by Gasteiger charge is -2.25. The largest absolute Gasteiger partial charge is 0.356 e. The number of nitrogens with zero attached hydrogens (tertiary/aromatic N) is 2. The standard InChI is InChI=1S/C11H12ClN5O2/c1-7-6-17(11(19)15-14-7)16-10(18)13-9-4-2-8(12)3-5-9/h2-5H,6H2,1H3,(H,15,19)(H2,13,16,18). The molecule has 0 bridgehead atoms. The van der Waals surface area contributed by atoms with Crippen molar-refractivity contribution in [2.45, 2.75) is 6.92 Å². The molecule has 1 aliphatic heterocycles. The van der Waals surface area contributed by atoms with Gasteiger partial charge in [-0.3, -0.25) is 0 Å². The Hall–Kier alpha value is -2.28. The third kappa shape index (κ3) is 3.59. The molecule has 0 aliphatic carbocycles. The fourth-order valence-corrected chi connectivity index (χ4v) is 1.57. The van der Waals surface area contributed by atoms with E-state index in [1.54, 1.807) is 31.2 Å². The fraction of sp³-hybridized carbons (Fsp3) is 0.182. The van der Waals surface area contributed by atoms with Gasteiger partial charge in [-0.15, -0.1) is 0 Å². The molecule has 0 fully saturated rings. The van der Waals surface area contributed by atoms with Gasteiger partial charge < -0.3 is 5.32 Å². The molecule has 0 aromatic heterocycles. The van der Waals surface area contributed by atoms with E-state index in [0.717, 1.165) is 5.01 Å². The first-order chi connectivity index (χ1) is 9.04. The van der Waals surface area contributed by atoms with E-state index in [2.05, 4.69) is 21.3 Å². The lowest BCUT2D eigenvalue weighted by molar-refractivity contribution is 0.177. The molecular weight excluding hydrogens is 270 g/mol. The van der Waals surface area contributed by atoms with Gasteiger partial charge in [0.25, 0.3) is 0 Å². The number of rotatable bonds is 2. The van der Waals surface area contributed by atoms with Crippen molar-refractivity contribution in [3.05, 3.63) is 29.3 Å². The quantitative estimate of drug-likeness (QED) is 0.772. The van der Waals surface area contributed by atoms with Crippen LogP contribution in [0.3, 0.4) is 0 Å². The predicted molar refractivity (Wildman–Crippen MR) is 72.0 cm³/mol. The van der Waals surface area contributed by atoms with Crippen molar-refractivity contribution in [2.75, 3.05) is 11.9 Å². The molecule has 8 heteroatoms. The maximum absolute atomic E-state index is 11.7. The summed E-state index contributed by atoms with van der Waals surface area (Å²) in [7, 11) is 0. The number of amides is 4. The SMILES string of the molecule is CC1=NNC(=O)N(NC(=O)Nc2ccc(Cl)cc2)C1. The molecule has 1 aliphatic rings. The Morgan fingerprint density at radius 1 is 1.42 bits per heavy atom. The zero-order valence-corrected chi connectivity index (χ0v) is 10.9. The lowest BCUT2D eigenvalue weighted by Crippen LogP contribution is -2.55. The van der Waals surface area contributed by atoms with Gasteiger partial charge in [0.1, 0.15) is 0 Å². The summed E-state index contributed by atoms with van der Waals surface area (Å²) in [6.07, 6.45) is 0. The molecule has 0 unspecified atom stereocenters. The topological polar surface area (TPSA) is 85.8 Å². The van der Waals surface area contributed by atoms with Crippen LogP contribution in [0.5, 0.6) is 0 Å². The average Bonchev–Trinajstić information content (AvgIpc) is 2.37. The predicted octanol–water partition coefficient (Wildman–Crippen LogP) is 1.78. The van der Waals surface area contributed by atoms with Crippen molar-refractivity contribution in [1.29, 1.82) is 0 Å². The average molecular weight is 282 g/mol. The first kappa shape index (κ1) is 13.2. The highest BCUT2D eigenvalue weighted by Gasteiger charge is 2.20. The van der Waals surface area contributed by atoms with Crippen LogP contribution in [0.1, 0.15) is 6.92 Å². The van der Waals surface area contributed by atoms with Gasteiger partial charge in [0.05, 0.1) is 12.3 Å². The molecule has 2 rings (SSSR count). The molecule has 100 valence electrons. The molecule has 0 radical (unpaired) electrons. The second-order valence-corrected chi connectivity index (χ2v) is 4.36. The summed E-state index contributed by atoms with van der Waals surface area (Å²) in [6.45, 7) is 1.98. The van der Waals surface area contributed by atoms with E-state index in [1.807, 2.05) is 0 Å². The highest BCUT2D eigenvalue weighted by molar-refractivity contribution is 6.30. The van der Waals surface area contributed by atoms with Gasteiger partial charge in [-0.1, -0.05) is 11.6 Å². The minimum absolute atomic E-state index is 0.236. The number of carbonyl (C=O) groups excluding carboxylic acids is 2. The first-order valence-electron chi connectivity index (χ1n) is 5.48. The summed E-state index contributed by atoms with van der Waals surface area (Å²) >= 11 is 5.74. The zero-order chi connectivity index (χ0) is 13.8. The van der Waals surface area contributed by atoms with Crippen molar-refractivity contribution < 1.29 is 9.59 Å². The third-order valence-corrected chi connectivity index (χ3v) is 2.57. The summed E-state index contributed by atoms with van der Waals surface area (Å²) in [4.78, 5) is 23.1. The van der Waals surface area contributed by atoms with Crippen molar-refractivity contribution in [3.63, 3.8) is 0 Å². The van der Waals surface area contributed by atoms with Crippen LogP contribution in [0.25, 0.3) is 0 Å². The number of carbonyl (C=O) groups is 2. The Morgan fingerprint density at radius 3 is 2.79 bits per heavy atom. The van der Waals surface area contributed by atoms with Gasteiger partial charge in [-0.05, 0) is 31.2 Å². The number of urea groups is 2. The molecule has 7 nitrogen and oxygen atoms in total. The number of anilines is 1. The van der Waals surface area contributed by atoms with Gasteiger partial charge in [-0.25, -0.2) is 25.4 Å². The lowest BCUT2D eigenvalue weighted by atomic mass is 10.3. The normalized spacial score (nSPS) is 14.5. The highest BCUT2D eigenvalue weighted by atomic mass is 35.5. The van der Waals surface area contributed by atoms with E-state index in [4.69, 9.17) is 11.6 Å². The van der Waals surface area contributed by atoms with Gasteiger partial charge in [-0.2, -0.15) is 5.10 Å². The van der Waals surface area contributed by atoms with Crippen molar-refractivity contribution in [2.24, 2.45) is 5.10 Å². The summed E-state index contributed by atoms with van der Waals surface area (Å²) < 4.78 is 0.